The minimum Gasteiger partial charge on any atom is -0.494 e. The highest BCUT2D eigenvalue weighted by molar-refractivity contribution is 5.72. The van der Waals surface area contributed by atoms with Gasteiger partial charge in [-0.15, -0.1) is 0 Å². The minimum absolute atomic E-state index is 0.223. The van der Waals surface area contributed by atoms with Gasteiger partial charge in [-0.05, 0) is 31.2 Å². The van der Waals surface area contributed by atoms with Gasteiger partial charge < -0.3 is 14.2 Å². The number of aryl methyl sites for hydroxylation is 1. The first-order valence-electron chi connectivity index (χ1n) is 8.68. The minimum atomic E-state index is -0.430. The van der Waals surface area contributed by atoms with Crippen molar-refractivity contribution >= 4 is 11.2 Å². The first kappa shape index (κ1) is 17.2. The lowest BCUT2D eigenvalue weighted by Gasteiger charge is -2.12. The van der Waals surface area contributed by atoms with Gasteiger partial charge in [0.05, 0.1) is 13.2 Å². The molecule has 0 fully saturated rings. The molecule has 3 heterocycles. The topological polar surface area (TPSA) is 89.5 Å². The quantitative estimate of drug-likeness (QED) is 0.654. The van der Waals surface area contributed by atoms with Gasteiger partial charge in [-0.2, -0.15) is 4.98 Å². The maximum absolute atomic E-state index is 12.3. The van der Waals surface area contributed by atoms with Gasteiger partial charge in [0.15, 0.2) is 17.3 Å². The monoisotopic (exact) mass is 372 g/mol. The van der Waals surface area contributed by atoms with E-state index in [2.05, 4.69) is 4.98 Å². The van der Waals surface area contributed by atoms with Crippen molar-refractivity contribution in [1.82, 2.24) is 18.7 Å². The SMILES string of the molecule is CCOc1ccc(OC[C@@H]2Cn3c(nc4c(=O)n(C)c(=O)n(C)c43)O2)cc1. The van der Waals surface area contributed by atoms with E-state index in [1.54, 1.807) is 11.6 Å². The van der Waals surface area contributed by atoms with Crippen molar-refractivity contribution in [2.75, 3.05) is 13.2 Å². The fraction of sp³-hybridized carbons (Fsp3) is 0.389. The number of nitrogens with zero attached hydrogens (tertiary/aromatic N) is 4. The number of hydrogen-bond acceptors (Lipinski definition) is 6. The molecule has 1 aromatic carbocycles. The van der Waals surface area contributed by atoms with Gasteiger partial charge in [0, 0.05) is 14.1 Å². The van der Waals surface area contributed by atoms with E-state index in [0.717, 1.165) is 10.3 Å². The van der Waals surface area contributed by atoms with Crippen molar-refractivity contribution in [2.24, 2.45) is 14.1 Å². The smallest absolute Gasteiger partial charge is 0.332 e. The number of ether oxygens (including phenoxy) is 3. The van der Waals surface area contributed by atoms with E-state index in [9.17, 15) is 9.59 Å². The zero-order valence-electron chi connectivity index (χ0n) is 15.3. The molecule has 0 saturated carbocycles. The number of benzene rings is 1. The molecular formula is C18H20N4O5. The summed E-state index contributed by atoms with van der Waals surface area (Å²) in [6, 6.07) is 7.68. The highest BCUT2D eigenvalue weighted by Gasteiger charge is 2.30. The Morgan fingerprint density at radius 1 is 1.11 bits per heavy atom. The van der Waals surface area contributed by atoms with Gasteiger partial charge in [-0.3, -0.25) is 18.5 Å². The third-order valence-electron chi connectivity index (χ3n) is 4.53. The molecule has 0 unspecified atom stereocenters. The zero-order chi connectivity index (χ0) is 19.1. The summed E-state index contributed by atoms with van der Waals surface area (Å²) in [5, 5.41) is 0. The first-order valence-corrected chi connectivity index (χ1v) is 8.68. The Balaban J connectivity index is 1.51. The summed E-state index contributed by atoms with van der Waals surface area (Å²) in [5.41, 5.74) is -0.146. The molecule has 9 nitrogen and oxygen atoms in total. The van der Waals surface area contributed by atoms with Crippen LogP contribution in [0.4, 0.5) is 0 Å². The van der Waals surface area contributed by atoms with E-state index < -0.39 is 11.2 Å². The van der Waals surface area contributed by atoms with Crippen molar-refractivity contribution in [3.05, 3.63) is 45.1 Å². The van der Waals surface area contributed by atoms with Crippen LogP contribution in [0.5, 0.6) is 17.5 Å². The van der Waals surface area contributed by atoms with E-state index >= 15 is 0 Å². The van der Waals surface area contributed by atoms with Crippen molar-refractivity contribution in [3.8, 4) is 17.5 Å². The Labute approximate surface area is 154 Å². The average molecular weight is 372 g/mol. The molecule has 1 atom stereocenters. The third-order valence-corrected chi connectivity index (χ3v) is 4.53. The molecule has 0 amide bonds. The van der Waals surface area contributed by atoms with Crippen molar-refractivity contribution in [2.45, 2.75) is 19.6 Å². The number of hydrogen-bond donors (Lipinski definition) is 0. The fourth-order valence-corrected chi connectivity index (χ4v) is 3.19. The second-order valence-corrected chi connectivity index (χ2v) is 6.34. The number of rotatable bonds is 5. The number of aromatic nitrogens is 4. The first-order chi connectivity index (χ1) is 13.0. The predicted molar refractivity (Wildman–Crippen MR) is 97.7 cm³/mol. The number of fused-ring (bicyclic) bond motifs is 3. The largest absolute Gasteiger partial charge is 0.494 e. The molecule has 0 N–H and O–H groups in total. The van der Waals surface area contributed by atoms with Crippen LogP contribution < -0.4 is 25.5 Å². The van der Waals surface area contributed by atoms with E-state index in [1.165, 1.54) is 11.6 Å². The molecule has 1 aliphatic heterocycles. The van der Waals surface area contributed by atoms with Gasteiger partial charge in [0.1, 0.15) is 18.1 Å². The van der Waals surface area contributed by atoms with E-state index in [-0.39, 0.29) is 11.6 Å². The van der Waals surface area contributed by atoms with Crippen LogP contribution in [0.3, 0.4) is 0 Å². The maximum Gasteiger partial charge on any atom is 0.332 e. The van der Waals surface area contributed by atoms with Crippen molar-refractivity contribution in [3.63, 3.8) is 0 Å². The fourth-order valence-electron chi connectivity index (χ4n) is 3.19. The average Bonchev–Trinajstić information content (AvgIpc) is 3.22. The summed E-state index contributed by atoms with van der Waals surface area (Å²) >= 11 is 0. The number of imidazole rings is 1. The molecular weight excluding hydrogens is 352 g/mol. The molecule has 0 spiro atoms. The van der Waals surface area contributed by atoms with Crippen LogP contribution in [0.1, 0.15) is 6.92 Å². The third kappa shape index (κ3) is 2.84. The second-order valence-electron chi connectivity index (χ2n) is 6.34. The van der Waals surface area contributed by atoms with Gasteiger partial charge >= 0.3 is 5.69 Å². The van der Waals surface area contributed by atoms with Crippen LogP contribution >= 0.6 is 0 Å². The Hall–Kier alpha value is -3.23. The molecule has 0 radical (unpaired) electrons. The highest BCUT2D eigenvalue weighted by Crippen LogP contribution is 2.26. The maximum atomic E-state index is 12.3. The highest BCUT2D eigenvalue weighted by atomic mass is 16.6. The van der Waals surface area contributed by atoms with Crippen LogP contribution in [-0.4, -0.2) is 38.0 Å². The Bertz CT molecular complexity index is 1110. The molecule has 3 aromatic rings. The summed E-state index contributed by atoms with van der Waals surface area (Å²) < 4.78 is 21.2. The van der Waals surface area contributed by atoms with Gasteiger partial charge in [-0.25, -0.2) is 4.79 Å². The van der Waals surface area contributed by atoms with Gasteiger partial charge in [0.25, 0.3) is 11.6 Å². The van der Waals surface area contributed by atoms with Crippen molar-refractivity contribution < 1.29 is 14.2 Å². The van der Waals surface area contributed by atoms with E-state index in [0.29, 0.717) is 37.2 Å². The Morgan fingerprint density at radius 3 is 2.44 bits per heavy atom. The van der Waals surface area contributed by atoms with Crippen LogP contribution in [0.2, 0.25) is 0 Å². The summed E-state index contributed by atoms with van der Waals surface area (Å²) in [6.45, 7) is 3.31. The lowest BCUT2D eigenvalue weighted by atomic mass is 10.3. The molecule has 0 aliphatic carbocycles. The standard InChI is InChI=1S/C18H20N4O5/c1-4-25-11-5-7-12(8-6-11)26-10-13-9-22-15-14(19-17(22)27-13)16(23)21(3)18(24)20(15)2/h5-8,13H,4,9-10H2,1-3H3/t13-/m0/s1. The summed E-state index contributed by atoms with van der Waals surface area (Å²) in [6.07, 6.45) is -0.261. The van der Waals surface area contributed by atoms with Crippen LogP contribution in [0.25, 0.3) is 11.2 Å². The molecule has 2 aromatic heterocycles. The lowest BCUT2D eigenvalue weighted by Crippen LogP contribution is -2.37. The molecule has 4 rings (SSSR count). The van der Waals surface area contributed by atoms with Crippen LogP contribution in [0, 0.1) is 0 Å². The molecule has 142 valence electrons. The molecule has 0 saturated heterocycles. The molecule has 1 aliphatic rings. The van der Waals surface area contributed by atoms with Gasteiger partial charge in [-0.1, -0.05) is 0 Å². The van der Waals surface area contributed by atoms with E-state index in [1.807, 2.05) is 31.2 Å². The molecule has 0 bridgehead atoms. The molecule has 9 heteroatoms. The van der Waals surface area contributed by atoms with Crippen LogP contribution in [-0.2, 0) is 20.6 Å². The van der Waals surface area contributed by atoms with Gasteiger partial charge in [0.2, 0.25) is 0 Å². The van der Waals surface area contributed by atoms with E-state index in [4.69, 9.17) is 14.2 Å². The summed E-state index contributed by atoms with van der Waals surface area (Å²) in [7, 11) is 3.05. The summed E-state index contributed by atoms with van der Waals surface area (Å²) in [5.74, 6) is 1.49. The van der Waals surface area contributed by atoms with Crippen molar-refractivity contribution in [1.29, 1.82) is 0 Å². The lowest BCUT2D eigenvalue weighted by molar-refractivity contribution is 0.144. The Kier molecular flexibility index (Phi) is 4.14. The predicted octanol–water partition coefficient (Wildman–Crippen LogP) is 0.672. The normalized spacial score (nSPS) is 15.6. The summed E-state index contributed by atoms with van der Waals surface area (Å²) in [4.78, 5) is 28.7. The second kappa shape index (κ2) is 6.49. The zero-order valence-corrected chi connectivity index (χ0v) is 15.3. The van der Waals surface area contributed by atoms with Crippen LogP contribution in [0.15, 0.2) is 33.9 Å². The molecule has 27 heavy (non-hydrogen) atoms. The Morgan fingerprint density at radius 2 is 1.78 bits per heavy atom.